The number of nitrogens with one attached hydrogen (secondary N) is 1. The van der Waals surface area contributed by atoms with Crippen LogP contribution in [-0.4, -0.2) is 48.5 Å². The Labute approximate surface area is 196 Å². The number of aliphatic hydroxyl groups is 3. The first-order valence-corrected chi connectivity index (χ1v) is 10.9. The van der Waals surface area contributed by atoms with Crippen LogP contribution in [0.1, 0.15) is 35.2 Å². The zero-order valence-corrected chi connectivity index (χ0v) is 18.8. The molecule has 2 aliphatic carbocycles. The van der Waals surface area contributed by atoms with Crippen LogP contribution in [0.2, 0.25) is 0 Å². The highest BCUT2D eigenvalue weighted by atomic mass is 127. The number of aryl methyl sites for hydroxylation is 1. The number of fused-ring (bicyclic) bond motifs is 3. The van der Waals surface area contributed by atoms with Crippen LogP contribution in [0.25, 0.3) is 10.9 Å². The second-order valence-corrected chi connectivity index (χ2v) is 8.40. The number of pyridine rings is 1. The van der Waals surface area contributed by atoms with E-state index in [0.29, 0.717) is 29.9 Å². The number of phenolic OH excluding ortho intramolecular Hbond substituents is 1. The second-order valence-electron chi connectivity index (χ2n) is 7.86. The van der Waals surface area contributed by atoms with Gasteiger partial charge in [-0.1, -0.05) is 6.07 Å². The van der Waals surface area contributed by atoms with Crippen molar-refractivity contribution in [1.82, 2.24) is 8.51 Å². The summed E-state index contributed by atoms with van der Waals surface area (Å²) in [7, 11) is 0. The number of aliphatic hydroxyl groups excluding tert-OH is 2. The van der Waals surface area contributed by atoms with Crippen LogP contribution in [-0.2, 0) is 16.0 Å². The fourth-order valence-corrected chi connectivity index (χ4v) is 4.76. The van der Waals surface area contributed by atoms with Gasteiger partial charge in [-0.25, -0.2) is 0 Å². The molecule has 0 saturated carbocycles. The molecule has 32 heavy (non-hydrogen) atoms. The third kappa shape index (κ3) is 3.34. The van der Waals surface area contributed by atoms with Crippen molar-refractivity contribution < 1.29 is 34.8 Å². The molecular weight excluding hydrogens is 531 g/mol. The van der Waals surface area contributed by atoms with Crippen LogP contribution < -0.4 is 3.53 Å². The topological polar surface area (TPSA) is 157 Å². The number of nitrogens with zero attached hydrogens (tertiary/aromatic N) is 1. The van der Waals surface area contributed by atoms with Gasteiger partial charge in [0.05, 0.1) is 28.4 Å². The summed E-state index contributed by atoms with van der Waals surface area (Å²) >= 11 is 1.49. The Bertz CT molecular complexity index is 1240. The number of rotatable bonds is 1. The minimum atomic E-state index is -2.57. The van der Waals surface area contributed by atoms with Crippen molar-refractivity contribution >= 4 is 51.2 Å². The molecule has 0 unspecified atom stereocenters. The highest BCUT2D eigenvalue weighted by Gasteiger charge is 2.54. The smallest absolute Gasteiger partial charge is 0.267 e. The van der Waals surface area contributed by atoms with Gasteiger partial charge in [0.25, 0.3) is 5.91 Å². The molecule has 9 nitrogen and oxygen atoms in total. The first-order chi connectivity index (χ1) is 15.2. The molecule has 0 radical (unpaired) electrons. The van der Waals surface area contributed by atoms with E-state index in [9.17, 15) is 34.8 Å². The molecule has 0 aliphatic heterocycles. The molecule has 2 aliphatic rings. The van der Waals surface area contributed by atoms with Gasteiger partial charge in [-0.3, -0.25) is 22.9 Å². The number of aromatic nitrogens is 1. The van der Waals surface area contributed by atoms with E-state index < -0.39 is 46.1 Å². The quantitative estimate of drug-likeness (QED) is 0.206. The number of allylic oxidation sites excluding steroid dienone is 2. The van der Waals surface area contributed by atoms with Gasteiger partial charge in [0.1, 0.15) is 22.6 Å². The fourth-order valence-electron chi connectivity index (χ4n) is 4.49. The van der Waals surface area contributed by atoms with Gasteiger partial charge < -0.3 is 20.4 Å². The number of phenols is 1. The third-order valence-electron chi connectivity index (χ3n) is 6.06. The zero-order chi connectivity index (χ0) is 23.2. The monoisotopic (exact) mass is 550 g/mol. The lowest BCUT2D eigenvalue weighted by molar-refractivity contribution is -0.142. The molecule has 0 spiro atoms. The molecule has 1 aromatic heterocycles. The molecular formula is C22H19IN2O7. The SMILES string of the molecule is O=C(NI)C1=C(O)C[C@H]2CCCc3cc4cccnc4c(O)c3C(=O)/C=C(\O)[C@]2(O)C1=O. The number of amides is 1. The first-order valence-electron chi connectivity index (χ1n) is 9.85. The summed E-state index contributed by atoms with van der Waals surface area (Å²) in [4.78, 5) is 42.3. The molecule has 1 aromatic carbocycles. The Balaban J connectivity index is 1.88. The average molecular weight is 550 g/mol. The number of Topliss-reactive ketones (excluding diaryl/α,β-unsaturated/α-hetero) is 1. The van der Waals surface area contributed by atoms with E-state index in [1.165, 1.54) is 29.1 Å². The molecule has 0 fully saturated rings. The van der Waals surface area contributed by atoms with Gasteiger partial charge >= 0.3 is 0 Å². The second kappa shape index (κ2) is 8.17. The summed E-state index contributed by atoms with van der Waals surface area (Å²) < 4.78 is 2.19. The Hall–Kier alpha value is -2.99. The van der Waals surface area contributed by atoms with E-state index in [4.69, 9.17) is 0 Å². The van der Waals surface area contributed by atoms with Crippen molar-refractivity contribution in [3.05, 3.63) is 58.7 Å². The van der Waals surface area contributed by atoms with Crippen LogP contribution in [0, 0.1) is 5.92 Å². The number of aromatic hydroxyl groups is 1. The van der Waals surface area contributed by atoms with Gasteiger partial charge in [0, 0.05) is 30.0 Å². The van der Waals surface area contributed by atoms with Crippen LogP contribution in [0.4, 0.5) is 0 Å². The van der Waals surface area contributed by atoms with E-state index in [1.807, 2.05) is 0 Å². The highest BCUT2D eigenvalue weighted by molar-refractivity contribution is 14.1. The Kier molecular flexibility index (Phi) is 5.67. The summed E-state index contributed by atoms with van der Waals surface area (Å²) in [5, 5.41) is 43.7. The van der Waals surface area contributed by atoms with Gasteiger partial charge in [0.15, 0.2) is 17.1 Å². The number of carbonyl (C=O) groups is 3. The normalized spacial score (nSPS) is 25.6. The van der Waals surface area contributed by atoms with Crippen LogP contribution in [0.5, 0.6) is 5.75 Å². The Morgan fingerprint density at radius 3 is 2.72 bits per heavy atom. The van der Waals surface area contributed by atoms with Gasteiger partial charge in [-0.2, -0.15) is 0 Å². The lowest BCUT2D eigenvalue weighted by atomic mass is 9.69. The molecule has 1 heterocycles. The van der Waals surface area contributed by atoms with Crippen molar-refractivity contribution in [2.75, 3.05) is 0 Å². The average Bonchev–Trinajstić information content (AvgIpc) is 2.76. The van der Waals surface area contributed by atoms with E-state index >= 15 is 0 Å². The molecule has 5 N–H and O–H groups in total. The van der Waals surface area contributed by atoms with Gasteiger partial charge in [-0.15, -0.1) is 0 Å². The van der Waals surface area contributed by atoms with Gasteiger partial charge in [-0.05, 0) is 37.0 Å². The fraction of sp³-hybridized carbons (Fsp3) is 0.273. The Morgan fingerprint density at radius 2 is 2.00 bits per heavy atom. The zero-order valence-electron chi connectivity index (χ0n) is 16.6. The van der Waals surface area contributed by atoms with Crippen molar-refractivity contribution in [1.29, 1.82) is 0 Å². The van der Waals surface area contributed by atoms with E-state index in [-0.39, 0.29) is 29.7 Å². The number of ketones is 2. The van der Waals surface area contributed by atoms with Crippen LogP contribution in [0.15, 0.2) is 47.6 Å². The maximum atomic E-state index is 13.1. The maximum Gasteiger partial charge on any atom is 0.267 e. The molecule has 10 heteroatoms. The van der Waals surface area contributed by atoms with Crippen molar-refractivity contribution in [3.63, 3.8) is 0 Å². The van der Waals surface area contributed by atoms with Crippen LogP contribution >= 0.6 is 22.9 Å². The summed E-state index contributed by atoms with van der Waals surface area (Å²) in [6, 6.07) is 5.19. The molecule has 166 valence electrons. The molecule has 1 amide bonds. The Morgan fingerprint density at radius 1 is 1.25 bits per heavy atom. The lowest BCUT2D eigenvalue weighted by Crippen LogP contribution is -2.53. The lowest BCUT2D eigenvalue weighted by Gasteiger charge is -2.38. The van der Waals surface area contributed by atoms with Crippen molar-refractivity contribution in [2.45, 2.75) is 31.3 Å². The van der Waals surface area contributed by atoms with Crippen molar-refractivity contribution in [2.24, 2.45) is 5.92 Å². The summed E-state index contributed by atoms with van der Waals surface area (Å²) in [5.74, 6) is -5.66. The summed E-state index contributed by atoms with van der Waals surface area (Å²) in [5.41, 5.74) is -2.56. The number of benzene rings is 1. The maximum absolute atomic E-state index is 13.1. The predicted octanol–water partition coefficient (Wildman–Crippen LogP) is 2.50. The third-order valence-corrected chi connectivity index (χ3v) is 6.55. The number of hydrogen-bond donors (Lipinski definition) is 5. The van der Waals surface area contributed by atoms with Gasteiger partial charge in [0.2, 0.25) is 5.78 Å². The van der Waals surface area contributed by atoms with E-state index in [1.54, 1.807) is 18.2 Å². The van der Waals surface area contributed by atoms with E-state index in [0.717, 1.165) is 0 Å². The molecule has 2 atom stereocenters. The minimum Gasteiger partial charge on any atom is -0.511 e. The summed E-state index contributed by atoms with van der Waals surface area (Å²) in [6.07, 6.45) is 2.83. The highest BCUT2D eigenvalue weighted by Crippen LogP contribution is 2.42. The standard InChI is InChI=1S/C22H19IN2O7/c23-25-21(31)17-13(26)8-12-5-1-3-10-7-11-4-2-6-24-18(11)19(29)16(10)14(27)9-15(28)22(12,32)20(17)30/h2,4,6-7,9,12,26,28-29,32H,1,3,5,8H2,(H,25,31)/b15-9-/t12-,22+/m1/s1. The molecule has 4 rings (SSSR count). The van der Waals surface area contributed by atoms with Crippen LogP contribution in [0.3, 0.4) is 0 Å². The largest absolute Gasteiger partial charge is 0.511 e. The number of hydrogen-bond acceptors (Lipinski definition) is 8. The molecule has 0 bridgehead atoms. The number of halogens is 1. The summed E-state index contributed by atoms with van der Waals surface area (Å²) in [6.45, 7) is 0. The van der Waals surface area contributed by atoms with E-state index in [2.05, 4.69) is 8.51 Å². The minimum absolute atomic E-state index is 0.0725. The molecule has 2 aromatic rings. The predicted molar refractivity (Wildman–Crippen MR) is 121 cm³/mol. The molecule has 0 saturated heterocycles. The first kappa shape index (κ1) is 22.2. The van der Waals surface area contributed by atoms with Crippen molar-refractivity contribution in [3.8, 4) is 5.75 Å². The number of carbonyl (C=O) groups excluding carboxylic acids is 3.